The van der Waals surface area contributed by atoms with Crippen LogP contribution in [0.25, 0.3) is 0 Å². The van der Waals surface area contributed by atoms with Crippen LogP contribution in [0.15, 0.2) is 70.7 Å². The lowest BCUT2D eigenvalue weighted by atomic mass is 10.1. The Labute approximate surface area is 221 Å². The molecule has 0 atom stereocenters. The van der Waals surface area contributed by atoms with Crippen LogP contribution in [0.2, 0.25) is 0 Å². The van der Waals surface area contributed by atoms with Crippen molar-refractivity contribution >= 4 is 33.8 Å². The minimum Gasteiger partial charge on any atom is -0.493 e. The molecule has 3 rings (SSSR count). The zero-order chi connectivity index (χ0) is 27.9. The fourth-order valence-corrected chi connectivity index (χ4v) is 5.10. The average molecular weight is 540 g/mol. The predicted octanol–water partition coefficient (Wildman–Crippen LogP) is 3.45. The quantitative estimate of drug-likeness (QED) is 0.238. The topological polar surface area (TPSA) is 124 Å². The molecule has 0 spiro atoms. The van der Waals surface area contributed by atoms with E-state index in [0.29, 0.717) is 22.6 Å². The van der Waals surface area contributed by atoms with Crippen molar-refractivity contribution in [1.29, 1.82) is 0 Å². The van der Waals surface area contributed by atoms with Crippen molar-refractivity contribution in [2.45, 2.75) is 18.7 Å². The molecule has 0 aliphatic rings. The summed E-state index contributed by atoms with van der Waals surface area (Å²) in [4.78, 5) is 24.3. The smallest absolute Gasteiger partial charge is 0.337 e. The van der Waals surface area contributed by atoms with Gasteiger partial charge in [0, 0.05) is 6.07 Å². The van der Waals surface area contributed by atoms with Gasteiger partial charge < -0.3 is 14.2 Å². The van der Waals surface area contributed by atoms with Crippen molar-refractivity contribution < 1.29 is 32.2 Å². The lowest BCUT2D eigenvalue weighted by Crippen LogP contribution is -2.39. The van der Waals surface area contributed by atoms with E-state index in [0.717, 1.165) is 15.4 Å². The van der Waals surface area contributed by atoms with Crippen molar-refractivity contribution in [3.05, 3.63) is 82.9 Å². The van der Waals surface area contributed by atoms with Crippen molar-refractivity contribution in [3.8, 4) is 11.5 Å². The van der Waals surface area contributed by atoms with E-state index in [1.54, 1.807) is 36.4 Å². The number of nitrogens with one attached hydrogen (secondary N) is 1. The van der Waals surface area contributed by atoms with E-state index >= 15 is 0 Å². The van der Waals surface area contributed by atoms with E-state index in [2.05, 4.69) is 15.3 Å². The number of hydrazone groups is 1. The van der Waals surface area contributed by atoms with Crippen LogP contribution in [0.5, 0.6) is 11.5 Å². The van der Waals surface area contributed by atoms with Gasteiger partial charge in [0.1, 0.15) is 6.54 Å². The maximum absolute atomic E-state index is 13.7. The van der Waals surface area contributed by atoms with E-state index in [9.17, 15) is 18.0 Å². The van der Waals surface area contributed by atoms with Crippen LogP contribution in [0, 0.1) is 13.8 Å². The van der Waals surface area contributed by atoms with Crippen LogP contribution >= 0.6 is 0 Å². The monoisotopic (exact) mass is 539 g/mol. The van der Waals surface area contributed by atoms with Gasteiger partial charge in [-0.15, -0.1) is 0 Å². The highest BCUT2D eigenvalue weighted by Crippen LogP contribution is 2.32. The Kier molecular flexibility index (Phi) is 9.08. The van der Waals surface area contributed by atoms with E-state index in [-0.39, 0.29) is 10.6 Å². The summed E-state index contributed by atoms with van der Waals surface area (Å²) < 4.78 is 43.6. The molecule has 0 aliphatic heterocycles. The number of sulfonamides is 1. The van der Waals surface area contributed by atoms with Gasteiger partial charge in [0.15, 0.2) is 11.5 Å². The standard InChI is InChI=1S/C27H29N3O7S/c1-18-12-19(2)14-22(13-18)30(38(33,34)23-10-11-24(35-3)25(15-23)36-4)17-26(31)29-28-16-20-6-8-21(9-7-20)27(32)37-5/h6-16H,17H2,1-5H3,(H,29,31)/b28-16-. The molecular weight excluding hydrogens is 510 g/mol. The van der Waals surface area contributed by atoms with E-state index in [1.807, 2.05) is 19.9 Å². The van der Waals surface area contributed by atoms with Crippen molar-refractivity contribution in [3.63, 3.8) is 0 Å². The summed E-state index contributed by atoms with van der Waals surface area (Å²) in [6.07, 6.45) is 1.38. The average Bonchev–Trinajstić information content (AvgIpc) is 2.90. The summed E-state index contributed by atoms with van der Waals surface area (Å²) >= 11 is 0. The van der Waals surface area contributed by atoms with Crippen LogP contribution in [0.1, 0.15) is 27.0 Å². The molecule has 10 nitrogen and oxygen atoms in total. The molecule has 38 heavy (non-hydrogen) atoms. The lowest BCUT2D eigenvalue weighted by Gasteiger charge is -2.25. The third kappa shape index (κ3) is 6.68. The van der Waals surface area contributed by atoms with Gasteiger partial charge in [0.05, 0.1) is 43.7 Å². The molecule has 0 heterocycles. The fraction of sp³-hybridized carbons (Fsp3) is 0.222. The molecule has 1 amide bonds. The number of methoxy groups -OCH3 is 3. The molecule has 200 valence electrons. The fourth-order valence-electron chi connectivity index (χ4n) is 3.68. The van der Waals surface area contributed by atoms with Gasteiger partial charge in [-0.2, -0.15) is 5.10 Å². The number of anilines is 1. The molecule has 0 saturated carbocycles. The van der Waals surface area contributed by atoms with Crippen LogP contribution < -0.4 is 19.2 Å². The van der Waals surface area contributed by atoms with Crippen molar-refractivity contribution in [2.75, 3.05) is 32.2 Å². The molecule has 0 fully saturated rings. The molecule has 1 N–H and O–H groups in total. The molecule has 0 aliphatic carbocycles. The number of rotatable bonds is 10. The second kappa shape index (κ2) is 12.2. The normalized spacial score (nSPS) is 11.2. The first-order chi connectivity index (χ1) is 18.1. The maximum Gasteiger partial charge on any atom is 0.337 e. The second-order valence-electron chi connectivity index (χ2n) is 8.28. The molecule has 0 radical (unpaired) electrons. The first-order valence-corrected chi connectivity index (χ1v) is 12.9. The third-order valence-corrected chi connectivity index (χ3v) is 7.23. The molecule has 11 heteroatoms. The second-order valence-corrected chi connectivity index (χ2v) is 10.1. The third-order valence-electron chi connectivity index (χ3n) is 5.46. The highest BCUT2D eigenvalue weighted by molar-refractivity contribution is 7.92. The van der Waals surface area contributed by atoms with E-state index < -0.39 is 28.4 Å². The predicted molar refractivity (Wildman–Crippen MR) is 144 cm³/mol. The summed E-state index contributed by atoms with van der Waals surface area (Å²) in [5.41, 5.74) is 5.35. The van der Waals surface area contributed by atoms with Gasteiger partial charge in [0.2, 0.25) is 0 Å². The molecule has 3 aromatic carbocycles. The van der Waals surface area contributed by atoms with Gasteiger partial charge in [-0.3, -0.25) is 9.10 Å². The minimum absolute atomic E-state index is 0.0729. The number of ether oxygens (including phenoxy) is 3. The summed E-state index contributed by atoms with van der Waals surface area (Å²) in [6.45, 7) is 3.15. The summed E-state index contributed by atoms with van der Waals surface area (Å²) in [5.74, 6) is -0.517. The first-order valence-electron chi connectivity index (χ1n) is 11.4. The number of aryl methyl sites for hydroxylation is 2. The largest absolute Gasteiger partial charge is 0.493 e. The number of hydrogen-bond donors (Lipinski definition) is 1. The molecule has 0 unspecified atom stereocenters. The highest BCUT2D eigenvalue weighted by Gasteiger charge is 2.28. The van der Waals surface area contributed by atoms with Crippen LogP contribution in [0.3, 0.4) is 0 Å². The molecule has 3 aromatic rings. The number of amides is 1. The Morgan fingerprint density at radius 1 is 0.895 bits per heavy atom. The van der Waals surface area contributed by atoms with Gasteiger partial charge in [-0.25, -0.2) is 18.6 Å². The Hall–Kier alpha value is -4.38. The lowest BCUT2D eigenvalue weighted by molar-refractivity contribution is -0.119. The summed E-state index contributed by atoms with van der Waals surface area (Å²) in [7, 11) is -0.0423. The highest BCUT2D eigenvalue weighted by atomic mass is 32.2. The van der Waals surface area contributed by atoms with Gasteiger partial charge in [0.25, 0.3) is 15.9 Å². The summed E-state index contributed by atoms with van der Waals surface area (Å²) in [5, 5.41) is 3.92. The minimum atomic E-state index is -4.19. The Bertz CT molecular complexity index is 1430. The number of nitrogens with zero attached hydrogens (tertiary/aromatic N) is 2. The number of carbonyl (C=O) groups excluding carboxylic acids is 2. The van der Waals surface area contributed by atoms with Crippen LogP contribution in [0.4, 0.5) is 5.69 Å². The molecular formula is C27H29N3O7S. The van der Waals surface area contributed by atoms with Crippen molar-refractivity contribution in [2.24, 2.45) is 5.10 Å². The number of carbonyl (C=O) groups is 2. The zero-order valence-electron chi connectivity index (χ0n) is 21.7. The summed E-state index contributed by atoms with van der Waals surface area (Å²) in [6, 6.07) is 15.9. The van der Waals surface area contributed by atoms with Crippen LogP contribution in [-0.4, -0.2) is 54.4 Å². The SMILES string of the molecule is COC(=O)c1ccc(/C=N\NC(=O)CN(c2cc(C)cc(C)c2)S(=O)(=O)c2ccc(OC)c(OC)c2)cc1. The maximum atomic E-state index is 13.7. The number of hydrogen-bond acceptors (Lipinski definition) is 8. The van der Waals surface area contributed by atoms with E-state index in [4.69, 9.17) is 9.47 Å². The zero-order valence-corrected chi connectivity index (χ0v) is 22.5. The Balaban J connectivity index is 1.88. The number of esters is 1. The van der Waals surface area contributed by atoms with Crippen molar-refractivity contribution in [1.82, 2.24) is 5.43 Å². The van der Waals surface area contributed by atoms with Gasteiger partial charge >= 0.3 is 5.97 Å². The molecule has 0 saturated heterocycles. The Morgan fingerprint density at radius 3 is 2.11 bits per heavy atom. The first kappa shape index (κ1) is 28.2. The number of benzene rings is 3. The van der Waals surface area contributed by atoms with E-state index in [1.165, 1.54) is 45.7 Å². The van der Waals surface area contributed by atoms with Gasteiger partial charge in [-0.1, -0.05) is 18.2 Å². The van der Waals surface area contributed by atoms with Gasteiger partial charge in [-0.05, 0) is 66.9 Å². The van der Waals surface area contributed by atoms with Crippen LogP contribution in [-0.2, 0) is 19.6 Å². The Morgan fingerprint density at radius 2 is 1.53 bits per heavy atom. The molecule has 0 aromatic heterocycles. The molecule has 0 bridgehead atoms.